The van der Waals surface area contributed by atoms with Gasteiger partial charge in [-0.15, -0.1) is 0 Å². The van der Waals surface area contributed by atoms with Crippen molar-refractivity contribution in [3.8, 4) is 0 Å². The Hall–Kier alpha value is -1.99. The monoisotopic (exact) mass is 362 g/mol. The maximum absolute atomic E-state index is 12.3. The van der Waals surface area contributed by atoms with Crippen molar-refractivity contribution in [3.05, 3.63) is 35.5 Å². The number of rotatable bonds is 4. The summed E-state index contributed by atoms with van der Waals surface area (Å²) in [6.07, 6.45) is 5.51. The predicted molar refractivity (Wildman–Crippen MR) is 95.4 cm³/mol. The fourth-order valence-corrected chi connectivity index (χ4v) is 4.31. The van der Waals surface area contributed by atoms with Crippen LogP contribution in [0.3, 0.4) is 0 Å². The Kier molecular flexibility index (Phi) is 4.79. The molecule has 3 rings (SSSR count). The first-order valence-electron chi connectivity index (χ1n) is 8.41. The van der Waals surface area contributed by atoms with Gasteiger partial charge in [-0.3, -0.25) is 4.98 Å². The van der Waals surface area contributed by atoms with Gasteiger partial charge in [-0.2, -0.15) is 0 Å². The summed E-state index contributed by atoms with van der Waals surface area (Å²) in [5.74, 6) is -0.787. The van der Waals surface area contributed by atoms with Gasteiger partial charge in [0.05, 0.1) is 16.0 Å². The van der Waals surface area contributed by atoms with Crippen LogP contribution in [0.2, 0.25) is 0 Å². The Morgan fingerprint density at radius 1 is 1.16 bits per heavy atom. The van der Waals surface area contributed by atoms with Crippen molar-refractivity contribution in [2.75, 3.05) is 14.1 Å². The number of hydrogen-bond acceptors (Lipinski definition) is 4. The van der Waals surface area contributed by atoms with E-state index in [2.05, 4.69) is 4.98 Å². The third-order valence-electron chi connectivity index (χ3n) is 4.83. The molecular weight excluding hydrogens is 340 g/mol. The number of fused-ring (bicyclic) bond motifs is 1. The van der Waals surface area contributed by atoms with E-state index < -0.39 is 16.0 Å². The minimum atomic E-state index is -3.63. The normalized spacial score (nSPS) is 16.4. The van der Waals surface area contributed by atoms with Gasteiger partial charge in [0.1, 0.15) is 0 Å². The zero-order chi connectivity index (χ0) is 18.2. The number of benzene rings is 1. The number of sulfonamides is 1. The van der Waals surface area contributed by atoms with Gasteiger partial charge in [0, 0.05) is 31.1 Å². The van der Waals surface area contributed by atoms with Gasteiger partial charge in [-0.05, 0) is 37.1 Å². The molecule has 6 nitrogen and oxygen atoms in total. The van der Waals surface area contributed by atoms with Crippen LogP contribution in [0.1, 0.15) is 54.1 Å². The fraction of sp³-hybridized carbons (Fsp3) is 0.444. The van der Waals surface area contributed by atoms with E-state index in [4.69, 9.17) is 0 Å². The summed E-state index contributed by atoms with van der Waals surface area (Å²) >= 11 is 0. The van der Waals surface area contributed by atoms with E-state index in [1.165, 1.54) is 32.6 Å². The third-order valence-corrected chi connectivity index (χ3v) is 6.64. The molecule has 25 heavy (non-hydrogen) atoms. The van der Waals surface area contributed by atoms with Gasteiger partial charge in [0.2, 0.25) is 10.0 Å². The molecule has 0 bridgehead atoms. The van der Waals surface area contributed by atoms with Crippen LogP contribution in [0.15, 0.2) is 29.2 Å². The zero-order valence-corrected chi connectivity index (χ0v) is 15.2. The summed E-state index contributed by atoms with van der Waals surface area (Å²) < 4.78 is 25.8. The molecule has 1 N–H and O–H groups in total. The molecule has 1 aliphatic rings. The van der Waals surface area contributed by atoms with Crippen molar-refractivity contribution in [2.24, 2.45) is 0 Å². The number of carboxylic acid groups (broad SMARTS) is 1. The maximum Gasteiger partial charge on any atom is 0.336 e. The lowest BCUT2D eigenvalue weighted by molar-refractivity contribution is 0.0698. The van der Waals surface area contributed by atoms with Crippen molar-refractivity contribution < 1.29 is 18.3 Å². The Labute approximate surface area is 147 Å². The number of aromatic carboxylic acids is 1. The number of pyridine rings is 1. The van der Waals surface area contributed by atoms with Crippen molar-refractivity contribution in [2.45, 2.75) is 42.9 Å². The first-order chi connectivity index (χ1) is 11.8. The summed E-state index contributed by atoms with van der Waals surface area (Å²) in [4.78, 5) is 16.5. The molecule has 7 heteroatoms. The van der Waals surface area contributed by atoms with Crippen LogP contribution < -0.4 is 0 Å². The zero-order valence-electron chi connectivity index (χ0n) is 14.4. The van der Waals surface area contributed by atoms with Gasteiger partial charge in [-0.1, -0.05) is 19.3 Å². The number of carbonyl (C=O) groups is 1. The number of hydrogen-bond donors (Lipinski definition) is 1. The van der Waals surface area contributed by atoms with Gasteiger partial charge >= 0.3 is 5.97 Å². The molecule has 0 saturated heterocycles. The van der Waals surface area contributed by atoms with Crippen molar-refractivity contribution >= 4 is 26.9 Å². The fourth-order valence-electron chi connectivity index (χ4n) is 3.38. The van der Waals surface area contributed by atoms with Crippen LogP contribution in [0, 0.1) is 0 Å². The average molecular weight is 362 g/mol. The lowest BCUT2D eigenvalue weighted by atomic mass is 9.86. The smallest absolute Gasteiger partial charge is 0.336 e. The topological polar surface area (TPSA) is 87.6 Å². The standard InChI is InChI=1S/C18H22N2O4S/c1-20(2)25(23,24)13-8-9-16-14(10-13)15(18(21)22)11-17(19-16)12-6-4-3-5-7-12/h8-12H,3-7H2,1-2H3,(H,21,22). The predicted octanol–water partition coefficient (Wildman–Crippen LogP) is 3.23. The van der Waals surface area contributed by atoms with Crippen LogP contribution in [-0.2, 0) is 10.0 Å². The molecule has 0 aliphatic heterocycles. The van der Waals surface area contributed by atoms with E-state index in [1.807, 2.05) is 0 Å². The lowest BCUT2D eigenvalue weighted by Crippen LogP contribution is -2.22. The molecule has 0 atom stereocenters. The van der Waals surface area contributed by atoms with Gasteiger partial charge in [0.15, 0.2) is 0 Å². The van der Waals surface area contributed by atoms with E-state index in [0.717, 1.165) is 35.7 Å². The highest BCUT2D eigenvalue weighted by atomic mass is 32.2. The second kappa shape index (κ2) is 6.72. The van der Waals surface area contributed by atoms with Crippen molar-refractivity contribution in [1.29, 1.82) is 0 Å². The molecule has 1 aliphatic carbocycles. The maximum atomic E-state index is 12.3. The molecule has 0 spiro atoms. The Morgan fingerprint density at radius 2 is 1.84 bits per heavy atom. The molecule has 2 aromatic rings. The molecule has 134 valence electrons. The molecule has 0 amide bonds. The molecule has 0 unspecified atom stereocenters. The van der Waals surface area contributed by atoms with E-state index in [1.54, 1.807) is 12.1 Å². The summed E-state index contributed by atoms with van der Waals surface area (Å²) in [6.45, 7) is 0. The van der Waals surface area contributed by atoms with Gasteiger partial charge in [-0.25, -0.2) is 17.5 Å². The molecule has 1 aromatic carbocycles. The number of aromatic nitrogens is 1. The van der Waals surface area contributed by atoms with Gasteiger partial charge < -0.3 is 5.11 Å². The van der Waals surface area contributed by atoms with Crippen LogP contribution in [-0.4, -0.2) is 42.9 Å². The molecule has 1 saturated carbocycles. The second-order valence-electron chi connectivity index (χ2n) is 6.70. The quantitative estimate of drug-likeness (QED) is 0.902. The van der Waals surface area contributed by atoms with Gasteiger partial charge in [0.25, 0.3) is 0 Å². The summed E-state index contributed by atoms with van der Waals surface area (Å²) in [5, 5.41) is 9.98. The highest BCUT2D eigenvalue weighted by Crippen LogP contribution is 2.34. The van der Waals surface area contributed by atoms with E-state index in [9.17, 15) is 18.3 Å². The van der Waals surface area contributed by atoms with E-state index in [-0.39, 0.29) is 16.4 Å². The molecule has 0 radical (unpaired) electrons. The minimum Gasteiger partial charge on any atom is -0.478 e. The SMILES string of the molecule is CN(C)S(=O)(=O)c1ccc2nc(C3CCCCC3)cc(C(=O)O)c2c1. The summed E-state index contributed by atoms with van der Waals surface area (Å²) in [5.41, 5.74) is 1.44. The Bertz CT molecular complexity index is 916. The van der Waals surface area contributed by atoms with Crippen LogP contribution in [0.4, 0.5) is 0 Å². The highest BCUT2D eigenvalue weighted by Gasteiger charge is 2.23. The first kappa shape index (κ1) is 17.8. The van der Waals surface area contributed by atoms with Crippen molar-refractivity contribution in [1.82, 2.24) is 9.29 Å². The van der Waals surface area contributed by atoms with Crippen molar-refractivity contribution in [3.63, 3.8) is 0 Å². The van der Waals surface area contributed by atoms with E-state index in [0.29, 0.717) is 10.9 Å². The van der Waals surface area contributed by atoms with Crippen LogP contribution >= 0.6 is 0 Å². The summed E-state index contributed by atoms with van der Waals surface area (Å²) in [7, 11) is -0.736. The van der Waals surface area contributed by atoms with Crippen LogP contribution in [0.5, 0.6) is 0 Å². The largest absolute Gasteiger partial charge is 0.478 e. The molecule has 1 aromatic heterocycles. The molecular formula is C18H22N2O4S. The highest BCUT2D eigenvalue weighted by molar-refractivity contribution is 7.89. The Morgan fingerprint density at radius 3 is 2.44 bits per heavy atom. The first-order valence-corrected chi connectivity index (χ1v) is 9.85. The molecule has 1 heterocycles. The average Bonchev–Trinajstić information content (AvgIpc) is 2.60. The number of nitrogens with zero attached hydrogens (tertiary/aromatic N) is 2. The second-order valence-corrected chi connectivity index (χ2v) is 8.85. The molecule has 1 fully saturated rings. The van der Waals surface area contributed by atoms with Crippen LogP contribution in [0.25, 0.3) is 10.9 Å². The Balaban J connectivity index is 2.17. The third kappa shape index (κ3) is 3.39. The lowest BCUT2D eigenvalue weighted by Gasteiger charge is -2.22. The minimum absolute atomic E-state index is 0.0692. The summed E-state index contributed by atoms with van der Waals surface area (Å²) in [6, 6.07) is 6.11. The number of carboxylic acids is 1. The van der Waals surface area contributed by atoms with E-state index >= 15 is 0 Å².